The van der Waals surface area contributed by atoms with Gasteiger partial charge in [0, 0.05) is 11.6 Å². The second-order valence-corrected chi connectivity index (χ2v) is 8.08. The Bertz CT molecular complexity index is 1030. The molecule has 1 fully saturated rings. The van der Waals surface area contributed by atoms with Gasteiger partial charge < -0.3 is 20.7 Å². The van der Waals surface area contributed by atoms with Gasteiger partial charge in [-0.15, -0.1) is 0 Å². The molecule has 8 nitrogen and oxygen atoms in total. The number of benzene rings is 1. The molecular weight excluding hydrogens is 380 g/mol. The molecule has 2 atom stereocenters. The van der Waals surface area contributed by atoms with Gasteiger partial charge in [-0.05, 0) is 50.3 Å². The van der Waals surface area contributed by atoms with E-state index in [1.165, 1.54) is 19.2 Å². The molecule has 2 heterocycles. The molecule has 1 aromatic carbocycles. The third-order valence-electron chi connectivity index (χ3n) is 5.91. The molecule has 4 N–H and O–H groups in total. The summed E-state index contributed by atoms with van der Waals surface area (Å²) in [6.07, 6.45) is 8.33. The maximum Gasteiger partial charge on any atom is 0.251 e. The van der Waals surface area contributed by atoms with Crippen molar-refractivity contribution in [3.05, 3.63) is 48.0 Å². The zero-order valence-electron chi connectivity index (χ0n) is 17.2. The zero-order chi connectivity index (χ0) is 21.1. The van der Waals surface area contributed by atoms with E-state index in [2.05, 4.69) is 20.3 Å². The van der Waals surface area contributed by atoms with Crippen LogP contribution in [0.3, 0.4) is 0 Å². The van der Waals surface area contributed by atoms with E-state index in [9.17, 15) is 9.90 Å². The number of amides is 1. The highest BCUT2D eigenvalue weighted by Gasteiger charge is 2.22. The third kappa shape index (κ3) is 4.28. The molecule has 1 amide bonds. The molecule has 0 saturated heterocycles. The van der Waals surface area contributed by atoms with Crippen molar-refractivity contribution < 1.29 is 9.90 Å². The van der Waals surface area contributed by atoms with E-state index in [4.69, 9.17) is 5.73 Å². The summed E-state index contributed by atoms with van der Waals surface area (Å²) < 4.78 is 1.86. The first-order chi connectivity index (χ1) is 14.5. The summed E-state index contributed by atoms with van der Waals surface area (Å²) in [6.45, 7) is 1.76. The lowest BCUT2D eigenvalue weighted by Crippen LogP contribution is -2.32. The molecule has 0 bridgehead atoms. The maximum absolute atomic E-state index is 12.6. The summed E-state index contributed by atoms with van der Waals surface area (Å²) in [5.41, 5.74) is 8.77. The minimum Gasteiger partial charge on any atom is -0.391 e. The highest BCUT2D eigenvalue weighted by molar-refractivity contribution is 5.94. The van der Waals surface area contributed by atoms with Crippen molar-refractivity contribution in [3.8, 4) is 0 Å². The first-order valence-corrected chi connectivity index (χ1v) is 10.5. The summed E-state index contributed by atoms with van der Waals surface area (Å²) in [4.78, 5) is 25.1. The molecule has 0 spiro atoms. The number of hydrogen-bond acceptors (Lipinski definition) is 6. The van der Waals surface area contributed by atoms with Gasteiger partial charge in [0.2, 0.25) is 0 Å². The lowest BCUT2D eigenvalue weighted by atomic mass is 10.00. The van der Waals surface area contributed by atoms with E-state index in [1.54, 1.807) is 13.3 Å². The Kier molecular flexibility index (Phi) is 5.94. The van der Waals surface area contributed by atoms with Gasteiger partial charge in [-0.25, -0.2) is 15.0 Å². The number of aromatic nitrogens is 4. The van der Waals surface area contributed by atoms with E-state index in [1.807, 2.05) is 28.8 Å². The average Bonchev–Trinajstić information content (AvgIpc) is 3.39. The van der Waals surface area contributed by atoms with E-state index in [-0.39, 0.29) is 11.9 Å². The number of nitrogens with zero attached hydrogens (tertiary/aromatic N) is 4. The van der Waals surface area contributed by atoms with Crippen molar-refractivity contribution >= 4 is 22.9 Å². The number of nitrogen functional groups attached to an aromatic ring is 1. The number of rotatable bonds is 7. The maximum atomic E-state index is 12.6. The normalized spacial score (nSPS) is 16.6. The fraction of sp³-hybridized carbons (Fsp3) is 0.455. The minimum absolute atomic E-state index is 0.0106. The molecule has 30 heavy (non-hydrogen) atoms. The lowest BCUT2D eigenvalue weighted by Gasteiger charge is -2.22. The number of nitrogens with one attached hydrogen (secondary N) is 1. The Morgan fingerprint density at radius 2 is 2.10 bits per heavy atom. The molecule has 4 rings (SSSR count). The van der Waals surface area contributed by atoms with E-state index >= 15 is 0 Å². The molecule has 1 aliphatic rings. The van der Waals surface area contributed by atoms with Gasteiger partial charge in [-0.3, -0.25) is 4.79 Å². The predicted molar refractivity (Wildman–Crippen MR) is 115 cm³/mol. The standard InChI is InChI=1S/C22H28N6O2/c1-14(29)18(28-13-26-19-20(23)24-12-25-21(19)28)10-9-15-5-4-6-16(11-15)22(30)27-17-7-2-3-8-17/h4-6,11-14,17-18,29H,2-3,7-10H2,1H3,(H,27,30)(H2,23,24,25)/t14-,18+/m0/s1. The van der Waals surface area contributed by atoms with Crippen LogP contribution in [0.15, 0.2) is 36.9 Å². The molecule has 1 saturated carbocycles. The van der Waals surface area contributed by atoms with Crippen LogP contribution in [0.2, 0.25) is 0 Å². The third-order valence-corrected chi connectivity index (χ3v) is 5.91. The molecule has 8 heteroatoms. The topological polar surface area (TPSA) is 119 Å². The molecule has 0 aliphatic heterocycles. The number of imidazole rings is 1. The largest absolute Gasteiger partial charge is 0.391 e. The van der Waals surface area contributed by atoms with Gasteiger partial charge in [0.25, 0.3) is 5.91 Å². The Labute approximate surface area is 175 Å². The van der Waals surface area contributed by atoms with Crippen LogP contribution in [0, 0.1) is 0 Å². The molecule has 2 aromatic heterocycles. The molecule has 0 unspecified atom stereocenters. The SMILES string of the molecule is C[C@H](O)[C@@H](CCc1cccc(C(=O)NC2CCCC2)c1)n1cnc2c(N)ncnc21. The molecular formula is C22H28N6O2. The smallest absolute Gasteiger partial charge is 0.251 e. The molecule has 1 aliphatic carbocycles. The molecule has 3 aromatic rings. The van der Waals surface area contributed by atoms with Crippen LogP contribution < -0.4 is 11.1 Å². The van der Waals surface area contributed by atoms with E-state index < -0.39 is 6.10 Å². The molecule has 0 radical (unpaired) electrons. The highest BCUT2D eigenvalue weighted by Crippen LogP contribution is 2.25. The van der Waals surface area contributed by atoms with Crippen LogP contribution in [0.25, 0.3) is 11.2 Å². The van der Waals surface area contributed by atoms with Crippen LogP contribution in [-0.4, -0.2) is 42.7 Å². The van der Waals surface area contributed by atoms with E-state index in [0.717, 1.165) is 18.4 Å². The van der Waals surface area contributed by atoms with Crippen molar-refractivity contribution in [1.29, 1.82) is 0 Å². The van der Waals surface area contributed by atoms with Gasteiger partial charge in [-0.2, -0.15) is 0 Å². The number of aliphatic hydroxyl groups excluding tert-OH is 1. The number of anilines is 1. The van der Waals surface area contributed by atoms with Crippen LogP contribution in [0.1, 0.15) is 61.0 Å². The Balaban J connectivity index is 1.48. The summed E-state index contributed by atoms with van der Waals surface area (Å²) in [7, 11) is 0. The number of carbonyl (C=O) groups excluding carboxylic acids is 1. The number of nitrogens with two attached hydrogens (primary N) is 1. The van der Waals surface area contributed by atoms with Crippen LogP contribution in [0.5, 0.6) is 0 Å². The summed E-state index contributed by atoms with van der Waals surface area (Å²) >= 11 is 0. The molecule has 158 valence electrons. The van der Waals surface area contributed by atoms with Gasteiger partial charge in [-0.1, -0.05) is 25.0 Å². The van der Waals surface area contributed by atoms with Gasteiger partial charge in [0.15, 0.2) is 11.5 Å². The fourth-order valence-electron chi connectivity index (χ4n) is 4.25. The van der Waals surface area contributed by atoms with Crippen LogP contribution >= 0.6 is 0 Å². The van der Waals surface area contributed by atoms with Crippen molar-refractivity contribution in [1.82, 2.24) is 24.8 Å². The quantitative estimate of drug-likeness (QED) is 0.553. The van der Waals surface area contributed by atoms with E-state index in [0.29, 0.717) is 41.4 Å². The lowest BCUT2D eigenvalue weighted by molar-refractivity contribution is 0.0937. The second-order valence-electron chi connectivity index (χ2n) is 8.08. The summed E-state index contributed by atoms with van der Waals surface area (Å²) in [6, 6.07) is 7.79. The summed E-state index contributed by atoms with van der Waals surface area (Å²) in [5, 5.41) is 13.5. The number of fused-ring (bicyclic) bond motifs is 1. The number of hydrogen-bond donors (Lipinski definition) is 3. The van der Waals surface area contributed by atoms with Crippen LogP contribution in [0.4, 0.5) is 5.82 Å². The number of aliphatic hydroxyl groups is 1. The van der Waals surface area contributed by atoms with Crippen molar-refractivity contribution in [2.24, 2.45) is 0 Å². The zero-order valence-corrected chi connectivity index (χ0v) is 17.2. The number of aryl methyl sites for hydroxylation is 1. The predicted octanol–water partition coefficient (Wildman–Crippen LogP) is 2.64. The summed E-state index contributed by atoms with van der Waals surface area (Å²) in [5.74, 6) is 0.313. The monoisotopic (exact) mass is 408 g/mol. The average molecular weight is 409 g/mol. The number of carbonyl (C=O) groups is 1. The Hall–Kier alpha value is -3.00. The van der Waals surface area contributed by atoms with Crippen LogP contribution in [-0.2, 0) is 6.42 Å². The van der Waals surface area contributed by atoms with Gasteiger partial charge in [0.05, 0.1) is 18.5 Å². The second kappa shape index (κ2) is 8.79. The van der Waals surface area contributed by atoms with Crippen molar-refractivity contribution in [2.45, 2.75) is 63.6 Å². The van der Waals surface area contributed by atoms with Crippen molar-refractivity contribution in [2.75, 3.05) is 5.73 Å². The highest BCUT2D eigenvalue weighted by atomic mass is 16.3. The minimum atomic E-state index is -0.604. The first-order valence-electron chi connectivity index (χ1n) is 10.5. The Morgan fingerprint density at radius 1 is 1.30 bits per heavy atom. The van der Waals surface area contributed by atoms with Crippen molar-refractivity contribution in [3.63, 3.8) is 0 Å². The van der Waals surface area contributed by atoms with Gasteiger partial charge >= 0.3 is 0 Å². The van der Waals surface area contributed by atoms with Gasteiger partial charge in [0.1, 0.15) is 11.8 Å². The first kappa shape index (κ1) is 20.3. The fourth-order valence-corrected chi connectivity index (χ4v) is 4.25. The Morgan fingerprint density at radius 3 is 2.87 bits per heavy atom.